The number of fused-ring (bicyclic) bond motifs is 1. The monoisotopic (exact) mass is 366 g/mol. The van der Waals surface area contributed by atoms with Crippen molar-refractivity contribution in [1.82, 2.24) is 0 Å². The van der Waals surface area contributed by atoms with Gasteiger partial charge in [0.25, 0.3) is 0 Å². The van der Waals surface area contributed by atoms with Crippen molar-refractivity contribution in [3.63, 3.8) is 0 Å². The maximum absolute atomic E-state index is 5.99. The predicted molar refractivity (Wildman–Crippen MR) is 94.8 cm³/mol. The number of alkyl halides is 1. The molecule has 0 unspecified atom stereocenters. The normalized spacial score (nSPS) is 10.7. The molecule has 4 heteroatoms. The zero-order chi connectivity index (χ0) is 15.8. The van der Waals surface area contributed by atoms with Crippen LogP contribution in [0.1, 0.15) is 26.2 Å². The van der Waals surface area contributed by atoms with Crippen LogP contribution < -0.4 is 14.2 Å². The molecule has 0 spiro atoms. The Morgan fingerprint density at radius 2 is 1.73 bits per heavy atom. The topological polar surface area (TPSA) is 27.7 Å². The Morgan fingerprint density at radius 3 is 2.41 bits per heavy atom. The second-order valence-corrected chi connectivity index (χ2v) is 5.78. The molecule has 0 aliphatic heterocycles. The average Bonchev–Trinajstić information content (AvgIpc) is 2.56. The van der Waals surface area contributed by atoms with E-state index in [1.807, 2.05) is 31.2 Å². The van der Waals surface area contributed by atoms with Crippen LogP contribution in [0.2, 0.25) is 0 Å². The summed E-state index contributed by atoms with van der Waals surface area (Å²) in [6.45, 7) is 3.30. The third-order valence-corrected chi connectivity index (χ3v) is 4.03. The van der Waals surface area contributed by atoms with Crippen molar-refractivity contribution in [1.29, 1.82) is 0 Å². The zero-order valence-electron chi connectivity index (χ0n) is 13.2. The average molecular weight is 367 g/mol. The predicted octanol–water partition coefficient (Wildman–Crippen LogP) is 5.19. The Morgan fingerprint density at radius 1 is 0.955 bits per heavy atom. The largest absolute Gasteiger partial charge is 0.493 e. The molecule has 0 saturated carbocycles. The first-order valence-corrected chi connectivity index (χ1v) is 8.85. The summed E-state index contributed by atoms with van der Waals surface area (Å²) in [6.07, 6.45) is 3.39. The molecule has 0 aliphatic carbocycles. The van der Waals surface area contributed by atoms with E-state index >= 15 is 0 Å². The molecule has 0 saturated heterocycles. The lowest BCUT2D eigenvalue weighted by atomic mass is 10.1. The van der Waals surface area contributed by atoms with Crippen molar-refractivity contribution in [3.05, 3.63) is 30.3 Å². The highest BCUT2D eigenvalue weighted by Gasteiger charge is 2.14. The molecule has 0 bridgehead atoms. The number of ether oxygens (including phenoxy) is 3. The summed E-state index contributed by atoms with van der Waals surface area (Å²) >= 11 is 3.45. The van der Waals surface area contributed by atoms with Crippen LogP contribution in [0.25, 0.3) is 10.8 Å². The number of hydrogen-bond acceptors (Lipinski definition) is 3. The lowest BCUT2D eigenvalue weighted by Crippen LogP contribution is -2.01. The van der Waals surface area contributed by atoms with E-state index in [0.717, 1.165) is 46.2 Å². The van der Waals surface area contributed by atoms with E-state index in [9.17, 15) is 0 Å². The molecule has 0 aromatic heterocycles. The van der Waals surface area contributed by atoms with E-state index in [4.69, 9.17) is 14.2 Å². The molecule has 0 radical (unpaired) electrons. The lowest BCUT2D eigenvalue weighted by molar-refractivity contribution is 0.299. The summed E-state index contributed by atoms with van der Waals surface area (Å²) in [5, 5.41) is 3.14. The van der Waals surface area contributed by atoms with Crippen molar-refractivity contribution in [2.45, 2.75) is 26.2 Å². The zero-order valence-corrected chi connectivity index (χ0v) is 14.8. The summed E-state index contributed by atoms with van der Waals surface area (Å²) in [7, 11) is 1.66. The maximum Gasteiger partial charge on any atom is 0.169 e. The first-order chi connectivity index (χ1) is 10.8. The SMILES string of the molecule is CCOc1c(OC)cc(OCCCCCBr)c2ccccc12. The molecule has 0 fully saturated rings. The fourth-order valence-electron chi connectivity index (χ4n) is 2.41. The minimum absolute atomic E-state index is 0.604. The van der Waals surface area contributed by atoms with Crippen LogP contribution in [-0.2, 0) is 0 Å². The van der Waals surface area contributed by atoms with E-state index in [1.165, 1.54) is 6.42 Å². The molecule has 0 N–H and O–H groups in total. The lowest BCUT2D eigenvalue weighted by Gasteiger charge is -2.16. The van der Waals surface area contributed by atoms with Crippen LogP contribution in [0.5, 0.6) is 17.2 Å². The van der Waals surface area contributed by atoms with E-state index < -0.39 is 0 Å². The maximum atomic E-state index is 5.99. The standard InChI is InChI=1S/C18H23BrO3/c1-3-21-18-15-10-6-5-9-14(15)16(13-17(18)20-2)22-12-8-4-7-11-19/h5-6,9-10,13H,3-4,7-8,11-12H2,1-2H3. The van der Waals surface area contributed by atoms with Gasteiger partial charge in [-0.15, -0.1) is 0 Å². The van der Waals surface area contributed by atoms with Gasteiger partial charge in [0.15, 0.2) is 11.5 Å². The van der Waals surface area contributed by atoms with Crippen LogP contribution in [0.15, 0.2) is 30.3 Å². The van der Waals surface area contributed by atoms with Gasteiger partial charge in [-0.1, -0.05) is 40.2 Å². The van der Waals surface area contributed by atoms with E-state index in [0.29, 0.717) is 13.2 Å². The van der Waals surface area contributed by atoms with Crippen LogP contribution in [0, 0.1) is 0 Å². The van der Waals surface area contributed by atoms with Crippen molar-refractivity contribution in [3.8, 4) is 17.2 Å². The van der Waals surface area contributed by atoms with Crippen molar-refractivity contribution in [2.24, 2.45) is 0 Å². The molecular weight excluding hydrogens is 344 g/mol. The molecule has 2 rings (SSSR count). The van der Waals surface area contributed by atoms with Gasteiger partial charge in [0.2, 0.25) is 0 Å². The summed E-state index contributed by atoms with van der Waals surface area (Å²) < 4.78 is 17.2. The number of unbranched alkanes of at least 4 members (excludes halogenated alkanes) is 2. The molecule has 3 nitrogen and oxygen atoms in total. The number of rotatable bonds is 9. The third kappa shape index (κ3) is 4.07. The van der Waals surface area contributed by atoms with Gasteiger partial charge in [0.1, 0.15) is 5.75 Å². The Balaban J connectivity index is 2.27. The molecule has 0 atom stereocenters. The van der Waals surface area contributed by atoms with Crippen molar-refractivity contribution in [2.75, 3.05) is 25.7 Å². The second-order valence-electron chi connectivity index (χ2n) is 4.98. The molecule has 2 aromatic rings. The summed E-state index contributed by atoms with van der Waals surface area (Å²) in [5.74, 6) is 2.36. The Labute approximate surface area is 140 Å². The fourth-order valence-corrected chi connectivity index (χ4v) is 2.81. The molecule has 120 valence electrons. The first-order valence-electron chi connectivity index (χ1n) is 7.73. The molecule has 0 amide bonds. The minimum atomic E-state index is 0.604. The smallest absolute Gasteiger partial charge is 0.169 e. The van der Waals surface area contributed by atoms with Gasteiger partial charge in [0, 0.05) is 22.2 Å². The number of methoxy groups -OCH3 is 1. The summed E-state index contributed by atoms with van der Waals surface area (Å²) in [6, 6.07) is 10.1. The van der Waals surface area contributed by atoms with E-state index in [1.54, 1.807) is 7.11 Å². The molecule has 0 aliphatic rings. The Hall–Kier alpha value is -1.42. The quantitative estimate of drug-likeness (QED) is 0.451. The van der Waals surface area contributed by atoms with Gasteiger partial charge in [-0.25, -0.2) is 0 Å². The highest BCUT2D eigenvalue weighted by atomic mass is 79.9. The Bertz CT molecular complexity index is 598. The van der Waals surface area contributed by atoms with Crippen LogP contribution in [0.4, 0.5) is 0 Å². The van der Waals surface area contributed by atoms with Crippen molar-refractivity contribution >= 4 is 26.7 Å². The number of benzene rings is 2. The highest BCUT2D eigenvalue weighted by molar-refractivity contribution is 9.09. The second kappa shape index (κ2) is 8.89. The van der Waals surface area contributed by atoms with Gasteiger partial charge >= 0.3 is 0 Å². The minimum Gasteiger partial charge on any atom is -0.493 e. The third-order valence-electron chi connectivity index (χ3n) is 3.47. The highest BCUT2D eigenvalue weighted by Crippen LogP contribution is 2.41. The Kier molecular flexibility index (Phi) is 6.84. The molecule has 0 heterocycles. The number of halogens is 1. The van der Waals surface area contributed by atoms with E-state index in [-0.39, 0.29) is 0 Å². The van der Waals surface area contributed by atoms with Crippen LogP contribution >= 0.6 is 15.9 Å². The summed E-state index contributed by atoms with van der Waals surface area (Å²) in [4.78, 5) is 0. The van der Waals surface area contributed by atoms with Gasteiger partial charge in [-0.05, 0) is 26.2 Å². The van der Waals surface area contributed by atoms with Gasteiger partial charge in [-0.3, -0.25) is 0 Å². The van der Waals surface area contributed by atoms with Crippen LogP contribution in [0.3, 0.4) is 0 Å². The molecule has 22 heavy (non-hydrogen) atoms. The van der Waals surface area contributed by atoms with Crippen molar-refractivity contribution < 1.29 is 14.2 Å². The van der Waals surface area contributed by atoms with Gasteiger partial charge < -0.3 is 14.2 Å². The summed E-state index contributed by atoms with van der Waals surface area (Å²) in [5.41, 5.74) is 0. The molecular formula is C18H23BrO3. The molecule has 2 aromatic carbocycles. The number of hydrogen-bond donors (Lipinski definition) is 0. The first kappa shape index (κ1) is 16.9. The van der Waals surface area contributed by atoms with Gasteiger partial charge in [-0.2, -0.15) is 0 Å². The fraction of sp³-hybridized carbons (Fsp3) is 0.444. The van der Waals surface area contributed by atoms with Gasteiger partial charge in [0.05, 0.1) is 20.3 Å². The van der Waals surface area contributed by atoms with Crippen LogP contribution in [-0.4, -0.2) is 25.7 Å². The van der Waals surface area contributed by atoms with E-state index in [2.05, 4.69) is 22.0 Å².